The van der Waals surface area contributed by atoms with Gasteiger partial charge in [0.15, 0.2) is 0 Å². The molecule has 0 bridgehead atoms. The minimum Gasteiger partial charge on any atom is -0.497 e. The molecule has 0 saturated carbocycles. The first-order valence-corrected chi connectivity index (χ1v) is 11.6. The van der Waals surface area contributed by atoms with Crippen LogP contribution in [0.5, 0.6) is 5.75 Å². The van der Waals surface area contributed by atoms with Gasteiger partial charge in [-0.3, -0.25) is 4.79 Å². The van der Waals surface area contributed by atoms with Crippen LogP contribution in [0.25, 0.3) is 16.2 Å². The Labute approximate surface area is 186 Å². The van der Waals surface area contributed by atoms with Crippen LogP contribution in [0, 0.1) is 5.92 Å². The van der Waals surface area contributed by atoms with Crippen LogP contribution in [-0.4, -0.2) is 60.5 Å². The van der Waals surface area contributed by atoms with Crippen LogP contribution in [0.3, 0.4) is 0 Å². The molecule has 1 aromatic carbocycles. The summed E-state index contributed by atoms with van der Waals surface area (Å²) in [6.07, 6.45) is 4.50. The smallest absolute Gasteiger partial charge is 0.223 e. The Kier molecular flexibility index (Phi) is 7.03. The van der Waals surface area contributed by atoms with E-state index in [1.807, 2.05) is 41.9 Å². The standard InChI is InChI=1S/C22H29N5O3S/c1-3-30-14-4-11-23-20(28)17-9-12-26(13-10-17)22-25-27-15-19(24-21(27)31-22)16-5-7-18(29-2)8-6-16/h5-8,15,17H,3-4,9-14H2,1-2H3,(H,23,28). The molecule has 1 saturated heterocycles. The van der Waals surface area contributed by atoms with Gasteiger partial charge in [-0.15, -0.1) is 5.10 Å². The number of methoxy groups -OCH3 is 1. The summed E-state index contributed by atoms with van der Waals surface area (Å²) < 4.78 is 12.4. The summed E-state index contributed by atoms with van der Waals surface area (Å²) in [5, 5.41) is 8.72. The van der Waals surface area contributed by atoms with Crippen molar-refractivity contribution in [3.8, 4) is 17.0 Å². The predicted octanol–water partition coefficient (Wildman–Crippen LogP) is 3.23. The predicted molar refractivity (Wildman–Crippen MR) is 122 cm³/mol. The zero-order valence-electron chi connectivity index (χ0n) is 18.0. The number of nitrogens with one attached hydrogen (secondary N) is 1. The zero-order chi connectivity index (χ0) is 21.6. The SMILES string of the molecule is CCOCCCNC(=O)C1CCN(c2nn3cc(-c4ccc(OC)cc4)nc3s2)CC1. The highest BCUT2D eigenvalue weighted by atomic mass is 32.1. The molecule has 3 heterocycles. The lowest BCUT2D eigenvalue weighted by Gasteiger charge is -2.30. The van der Waals surface area contributed by atoms with E-state index in [1.165, 1.54) is 0 Å². The fourth-order valence-corrected chi connectivity index (χ4v) is 4.66. The van der Waals surface area contributed by atoms with Crippen LogP contribution in [0.4, 0.5) is 5.13 Å². The maximum absolute atomic E-state index is 12.4. The van der Waals surface area contributed by atoms with Crippen molar-refractivity contribution >= 4 is 27.3 Å². The van der Waals surface area contributed by atoms with E-state index >= 15 is 0 Å². The van der Waals surface area contributed by atoms with E-state index in [-0.39, 0.29) is 11.8 Å². The number of ether oxygens (including phenoxy) is 2. The minimum absolute atomic E-state index is 0.0778. The molecule has 1 fully saturated rings. The van der Waals surface area contributed by atoms with Crippen LogP contribution in [0.15, 0.2) is 30.5 Å². The monoisotopic (exact) mass is 443 g/mol. The van der Waals surface area contributed by atoms with Crippen LogP contribution in [0.1, 0.15) is 26.2 Å². The number of amides is 1. The third-order valence-electron chi connectivity index (χ3n) is 5.52. The van der Waals surface area contributed by atoms with Gasteiger partial charge in [0, 0.05) is 44.3 Å². The number of rotatable bonds is 9. The molecule has 0 radical (unpaired) electrons. The van der Waals surface area contributed by atoms with Gasteiger partial charge in [0.1, 0.15) is 5.75 Å². The quantitative estimate of drug-likeness (QED) is 0.512. The van der Waals surface area contributed by atoms with E-state index in [4.69, 9.17) is 19.6 Å². The second kappa shape index (κ2) is 10.1. The average molecular weight is 444 g/mol. The summed E-state index contributed by atoms with van der Waals surface area (Å²) >= 11 is 1.59. The number of imidazole rings is 1. The topological polar surface area (TPSA) is 81.0 Å². The Hall–Kier alpha value is -2.65. The number of aromatic nitrogens is 3. The van der Waals surface area contributed by atoms with Crippen molar-refractivity contribution in [2.24, 2.45) is 5.92 Å². The number of carbonyl (C=O) groups is 1. The number of carbonyl (C=O) groups excluding carboxylic acids is 1. The molecule has 9 heteroatoms. The Balaban J connectivity index is 1.31. The number of hydrogen-bond acceptors (Lipinski definition) is 7. The van der Waals surface area contributed by atoms with E-state index in [1.54, 1.807) is 18.4 Å². The fraction of sp³-hybridized carbons (Fsp3) is 0.500. The van der Waals surface area contributed by atoms with Crippen LogP contribution >= 0.6 is 11.3 Å². The molecule has 3 aromatic rings. The Bertz CT molecular complexity index is 961. The molecular weight excluding hydrogens is 414 g/mol. The molecule has 0 spiro atoms. The van der Waals surface area contributed by atoms with Gasteiger partial charge < -0.3 is 19.7 Å². The first-order valence-electron chi connectivity index (χ1n) is 10.8. The first kappa shape index (κ1) is 21.6. The fourth-order valence-electron chi connectivity index (χ4n) is 3.73. The summed E-state index contributed by atoms with van der Waals surface area (Å²) in [5.41, 5.74) is 1.93. The molecule has 166 valence electrons. The maximum Gasteiger partial charge on any atom is 0.223 e. The lowest BCUT2D eigenvalue weighted by molar-refractivity contribution is -0.125. The van der Waals surface area contributed by atoms with Crippen molar-refractivity contribution in [2.45, 2.75) is 26.2 Å². The summed E-state index contributed by atoms with van der Waals surface area (Å²) in [7, 11) is 1.66. The lowest BCUT2D eigenvalue weighted by atomic mass is 9.96. The first-order chi connectivity index (χ1) is 15.2. The third kappa shape index (κ3) is 5.16. The number of benzene rings is 1. The molecule has 1 N–H and O–H groups in total. The molecular formula is C22H29N5O3S. The molecule has 1 amide bonds. The van der Waals surface area contributed by atoms with Gasteiger partial charge >= 0.3 is 0 Å². The maximum atomic E-state index is 12.4. The highest BCUT2D eigenvalue weighted by Crippen LogP contribution is 2.30. The number of nitrogens with zero attached hydrogens (tertiary/aromatic N) is 4. The van der Waals surface area contributed by atoms with Crippen LogP contribution in [-0.2, 0) is 9.53 Å². The van der Waals surface area contributed by atoms with E-state index in [0.717, 1.165) is 66.1 Å². The van der Waals surface area contributed by atoms with E-state index in [0.29, 0.717) is 13.2 Å². The number of piperidine rings is 1. The molecule has 1 aliphatic heterocycles. The highest BCUT2D eigenvalue weighted by Gasteiger charge is 2.26. The van der Waals surface area contributed by atoms with E-state index < -0.39 is 0 Å². The number of fused-ring (bicyclic) bond motifs is 1. The van der Waals surface area contributed by atoms with Crippen molar-refractivity contribution in [2.75, 3.05) is 44.9 Å². The van der Waals surface area contributed by atoms with Crippen molar-refractivity contribution < 1.29 is 14.3 Å². The summed E-state index contributed by atoms with van der Waals surface area (Å²) in [4.78, 5) is 20.2. The molecule has 0 aliphatic carbocycles. The van der Waals surface area contributed by atoms with Gasteiger partial charge in [0.2, 0.25) is 16.0 Å². The molecule has 8 nitrogen and oxygen atoms in total. The van der Waals surface area contributed by atoms with Crippen molar-refractivity contribution in [1.29, 1.82) is 0 Å². The normalized spacial score (nSPS) is 14.8. The van der Waals surface area contributed by atoms with Gasteiger partial charge in [-0.05, 0) is 50.5 Å². The van der Waals surface area contributed by atoms with E-state index in [2.05, 4.69) is 10.2 Å². The average Bonchev–Trinajstić information content (AvgIpc) is 3.38. The molecule has 1 aliphatic rings. The Morgan fingerprint density at radius 3 is 2.71 bits per heavy atom. The highest BCUT2D eigenvalue weighted by molar-refractivity contribution is 7.20. The van der Waals surface area contributed by atoms with E-state index in [9.17, 15) is 4.79 Å². The van der Waals surface area contributed by atoms with Gasteiger partial charge in [0.25, 0.3) is 0 Å². The summed E-state index contributed by atoms with van der Waals surface area (Å²) in [6.45, 7) is 5.74. The van der Waals surface area contributed by atoms with Crippen molar-refractivity contribution in [3.63, 3.8) is 0 Å². The number of anilines is 1. The molecule has 4 rings (SSSR count). The second-order valence-corrected chi connectivity index (χ2v) is 8.50. The Morgan fingerprint density at radius 2 is 2.03 bits per heavy atom. The summed E-state index contributed by atoms with van der Waals surface area (Å²) in [5.74, 6) is 1.07. The van der Waals surface area contributed by atoms with Crippen molar-refractivity contribution in [1.82, 2.24) is 19.9 Å². The molecule has 0 atom stereocenters. The molecule has 0 unspecified atom stereocenters. The number of hydrogen-bond donors (Lipinski definition) is 1. The largest absolute Gasteiger partial charge is 0.497 e. The second-order valence-electron chi connectivity index (χ2n) is 7.57. The lowest BCUT2D eigenvalue weighted by Crippen LogP contribution is -2.41. The zero-order valence-corrected chi connectivity index (χ0v) is 18.9. The van der Waals surface area contributed by atoms with Gasteiger partial charge in [0.05, 0.1) is 19.0 Å². The molecule has 31 heavy (non-hydrogen) atoms. The van der Waals surface area contributed by atoms with Crippen LogP contribution in [0.2, 0.25) is 0 Å². The Morgan fingerprint density at radius 1 is 1.26 bits per heavy atom. The third-order valence-corrected chi connectivity index (χ3v) is 6.51. The van der Waals surface area contributed by atoms with Gasteiger partial charge in [-0.25, -0.2) is 9.50 Å². The summed E-state index contributed by atoms with van der Waals surface area (Å²) in [6, 6.07) is 7.86. The van der Waals surface area contributed by atoms with Crippen molar-refractivity contribution in [3.05, 3.63) is 30.5 Å². The van der Waals surface area contributed by atoms with Gasteiger partial charge in [-0.2, -0.15) is 0 Å². The molecule has 2 aromatic heterocycles. The minimum atomic E-state index is 0.0778. The van der Waals surface area contributed by atoms with Crippen LogP contribution < -0.4 is 15.0 Å². The van der Waals surface area contributed by atoms with Gasteiger partial charge in [-0.1, -0.05) is 11.3 Å².